The van der Waals surface area contributed by atoms with Gasteiger partial charge in [0.15, 0.2) is 0 Å². The lowest BCUT2D eigenvalue weighted by Gasteiger charge is -2.41. The van der Waals surface area contributed by atoms with Crippen molar-refractivity contribution in [2.75, 3.05) is 46.9 Å². The molecule has 10 heteroatoms. The fourth-order valence-corrected chi connectivity index (χ4v) is 4.90. The van der Waals surface area contributed by atoms with Crippen molar-refractivity contribution in [2.24, 2.45) is 0 Å². The zero-order valence-electron chi connectivity index (χ0n) is 17.8. The Morgan fingerprint density at radius 3 is 2.81 bits per heavy atom. The van der Waals surface area contributed by atoms with Gasteiger partial charge in [-0.25, -0.2) is 4.79 Å². The minimum atomic E-state index is -1.15. The Morgan fingerprint density at radius 1 is 1.32 bits per heavy atom. The molecule has 3 fully saturated rings. The summed E-state index contributed by atoms with van der Waals surface area (Å²) in [7, 11) is 3.30. The van der Waals surface area contributed by atoms with Crippen molar-refractivity contribution < 1.29 is 38.3 Å². The second-order valence-corrected chi connectivity index (χ2v) is 9.75. The van der Waals surface area contributed by atoms with Gasteiger partial charge in [-0.15, -0.1) is 0 Å². The molecule has 166 valence electrons. The zero-order chi connectivity index (χ0) is 21.9. The van der Waals surface area contributed by atoms with Crippen LogP contribution in [-0.4, -0.2) is 97.6 Å². The van der Waals surface area contributed by atoms with Gasteiger partial charge in [0.05, 0.1) is 40.2 Å². The lowest BCUT2D eigenvalue weighted by molar-refractivity contribution is -0.901. The van der Waals surface area contributed by atoms with E-state index >= 15 is 0 Å². The number of aromatic carboxylic acids is 1. The van der Waals surface area contributed by atoms with E-state index in [-0.39, 0.29) is 46.9 Å². The van der Waals surface area contributed by atoms with Crippen LogP contribution in [0.3, 0.4) is 0 Å². The number of amides is 1. The molecule has 1 aromatic rings. The maximum absolute atomic E-state index is 12.6. The molecule has 0 spiro atoms. The summed E-state index contributed by atoms with van der Waals surface area (Å²) in [5.41, 5.74) is 0.765. The first kappa shape index (κ1) is 20.6. The molecule has 1 unspecified atom stereocenters. The number of nitrogens with zero attached hydrogens (tertiary/aromatic N) is 2. The molecule has 3 atom stereocenters. The van der Waals surface area contributed by atoms with Crippen molar-refractivity contribution in [3.63, 3.8) is 0 Å². The van der Waals surface area contributed by atoms with Crippen LogP contribution < -0.4 is 9.39 Å². The molecule has 31 heavy (non-hydrogen) atoms. The number of rotatable bonds is 5. The molecule has 0 radical (unpaired) electrons. The maximum atomic E-state index is 12.6. The van der Waals surface area contributed by atoms with Crippen molar-refractivity contribution in [3.05, 3.63) is 23.3 Å². The predicted molar refractivity (Wildman–Crippen MR) is 110 cm³/mol. The average Bonchev–Trinajstić information content (AvgIpc) is 3.44. The summed E-state index contributed by atoms with van der Waals surface area (Å²) in [4.78, 5) is 26.2. The SMILES string of the molecule is C[N+]1(C)CCO[C@H](CC(=O)N2CC(Oc3ccc4c(c3C(=O)O)OB(O)[C@@H]3CC43)C2)C1. The van der Waals surface area contributed by atoms with E-state index < -0.39 is 13.1 Å². The van der Waals surface area contributed by atoms with Crippen LogP contribution in [0.25, 0.3) is 0 Å². The van der Waals surface area contributed by atoms with E-state index in [1.807, 2.05) is 6.07 Å². The Labute approximate surface area is 181 Å². The molecule has 9 nitrogen and oxygen atoms in total. The number of carboxylic acid groups (broad SMARTS) is 1. The third-order valence-electron chi connectivity index (χ3n) is 6.85. The Kier molecular flexibility index (Phi) is 4.91. The molecule has 1 aromatic carbocycles. The van der Waals surface area contributed by atoms with Gasteiger partial charge in [0.2, 0.25) is 5.91 Å². The monoisotopic (exact) mass is 431 g/mol. The zero-order valence-corrected chi connectivity index (χ0v) is 17.8. The standard InChI is InChI=1S/C21H27BN2O7/c1-24(2)5-6-29-12(11-24)7-18(25)23-9-13(10-23)30-17-4-3-14-15-8-16(15)22(28)31-20(14)19(17)21(26)27/h3-4,12-13,15-16,28H,5-11H2,1-2H3/p+1/t12-,15?,16-/m1/s1. The summed E-state index contributed by atoms with van der Waals surface area (Å²) in [6.45, 7) is 3.23. The molecule has 1 amide bonds. The van der Waals surface area contributed by atoms with Gasteiger partial charge in [-0.1, -0.05) is 6.07 Å². The van der Waals surface area contributed by atoms with E-state index in [1.165, 1.54) is 0 Å². The minimum Gasteiger partial charge on any atom is -0.535 e. The molecule has 5 rings (SSSR count). The van der Waals surface area contributed by atoms with E-state index in [1.54, 1.807) is 11.0 Å². The highest BCUT2D eigenvalue weighted by molar-refractivity contribution is 6.48. The minimum absolute atomic E-state index is 0.0295. The highest BCUT2D eigenvalue weighted by atomic mass is 16.5. The van der Waals surface area contributed by atoms with E-state index in [0.29, 0.717) is 26.1 Å². The molecule has 0 bridgehead atoms. The average molecular weight is 431 g/mol. The molecule has 1 aliphatic carbocycles. The Hall–Kier alpha value is -2.30. The Balaban J connectivity index is 1.21. The van der Waals surface area contributed by atoms with E-state index in [4.69, 9.17) is 14.1 Å². The highest BCUT2D eigenvalue weighted by Gasteiger charge is 2.54. The van der Waals surface area contributed by atoms with Crippen molar-refractivity contribution in [2.45, 2.75) is 36.8 Å². The lowest BCUT2D eigenvalue weighted by atomic mass is 9.77. The topological polar surface area (TPSA) is 106 Å². The lowest BCUT2D eigenvalue weighted by Crippen LogP contribution is -2.58. The van der Waals surface area contributed by atoms with Gasteiger partial charge in [0.25, 0.3) is 0 Å². The second kappa shape index (κ2) is 7.39. The molecule has 3 aliphatic heterocycles. The predicted octanol–water partition coefficient (Wildman–Crippen LogP) is 0.570. The largest absolute Gasteiger partial charge is 0.535 e. The molecular weight excluding hydrogens is 403 g/mol. The molecule has 0 aromatic heterocycles. The van der Waals surface area contributed by atoms with Crippen LogP contribution in [0.5, 0.6) is 11.5 Å². The van der Waals surface area contributed by atoms with Gasteiger partial charge in [-0.3, -0.25) is 4.79 Å². The number of carboxylic acids is 1. The van der Waals surface area contributed by atoms with E-state index in [2.05, 4.69) is 14.1 Å². The maximum Gasteiger partial charge on any atom is 0.526 e. The first-order chi connectivity index (χ1) is 14.7. The molecule has 2 saturated heterocycles. The normalized spacial score (nSPS) is 28.7. The van der Waals surface area contributed by atoms with Crippen LogP contribution in [0.15, 0.2) is 12.1 Å². The van der Waals surface area contributed by atoms with Gasteiger partial charge in [-0.05, 0) is 24.0 Å². The third kappa shape index (κ3) is 3.88. The van der Waals surface area contributed by atoms with Crippen LogP contribution >= 0.6 is 0 Å². The van der Waals surface area contributed by atoms with Gasteiger partial charge in [0, 0.05) is 5.82 Å². The van der Waals surface area contributed by atoms with Gasteiger partial charge >= 0.3 is 13.1 Å². The quantitative estimate of drug-likeness (QED) is 0.519. The molecule has 1 saturated carbocycles. The number of likely N-dealkylation sites (tertiary alicyclic amines) is 1. The van der Waals surface area contributed by atoms with E-state index in [9.17, 15) is 19.7 Å². The third-order valence-corrected chi connectivity index (χ3v) is 6.85. The van der Waals surface area contributed by atoms with Gasteiger partial charge in [0.1, 0.15) is 42.4 Å². The summed E-state index contributed by atoms with van der Waals surface area (Å²) in [5.74, 6) is -0.511. The Morgan fingerprint density at radius 2 is 2.10 bits per heavy atom. The van der Waals surface area contributed by atoms with Crippen LogP contribution in [0.4, 0.5) is 0 Å². The summed E-state index contributed by atoms with van der Waals surface area (Å²) in [6, 6.07) is 3.49. The fourth-order valence-electron chi connectivity index (χ4n) is 4.90. The van der Waals surface area contributed by atoms with Crippen molar-refractivity contribution >= 4 is 19.0 Å². The van der Waals surface area contributed by atoms with Crippen molar-refractivity contribution in [1.82, 2.24) is 4.90 Å². The second-order valence-electron chi connectivity index (χ2n) is 9.75. The van der Waals surface area contributed by atoms with Crippen molar-refractivity contribution in [3.8, 4) is 11.5 Å². The summed E-state index contributed by atoms with van der Waals surface area (Å²) in [6.07, 6.45) is 0.794. The van der Waals surface area contributed by atoms with Crippen LogP contribution in [0.2, 0.25) is 5.82 Å². The van der Waals surface area contributed by atoms with Crippen molar-refractivity contribution in [1.29, 1.82) is 0 Å². The number of hydrogen-bond acceptors (Lipinski definition) is 6. The first-order valence-corrected chi connectivity index (χ1v) is 10.8. The number of benzene rings is 1. The Bertz CT molecular complexity index is 917. The van der Waals surface area contributed by atoms with Gasteiger partial charge in [-0.2, -0.15) is 0 Å². The molecular formula is C21H28BN2O7+. The number of quaternary nitrogens is 1. The van der Waals surface area contributed by atoms with E-state index in [0.717, 1.165) is 29.6 Å². The number of carbonyl (C=O) groups excluding carboxylic acids is 1. The van der Waals surface area contributed by atoms with Gasteiger partial charge < -0.3 is 33.6 Å². The highest BCUT2D eigenvalue weighted by Crippen LogP contribution is 2.60. The van der Waals surface area contributed by atoms with Crippen LogP contribution in [-0.2, 0) is 9.53 Å². The van der Waals surface area contributed by atoms with Crippen LogP contribution in [0, 0.1) is 0 Å². The number of ether oxygens (including phenoxy) is 2. The molecule has 4 aliphatic rings. The van der Waals surface area contributed by atoms with Crippen LogP contribution in [0.1, 0.15) is 34.7 Å². The summed E-state index contributed by atoms with van der Waals surface area (Å²) >= 11 is 0. The first-order valence-electron chi connectivity index (χ1n) is 10.8. The number of fused-ring (bicyclic) bond motifs is 3. The summed E-state index contributed by atoms with van der Waals surface area (Å²) < 4.78 is 18.0. The fraction of sp³-hybridized carbons (Fsp3) is 0.619. The number of hydrogen-bond donors (Lipinski definition) is 2. The number of likely N-dealkylation sites (N-methyl/N-ethyl adjacent to an activating group) is 1. The number of carbonyl (C=O) groups is 2. The smallest absolute Gasteiger partial charge is 0.526 e. The number of morpholine rings is 1. The molecule has 2 N–H and O–H groups in total. The molecule has 3 heterocycles. The summed E-state index contributed by atoms with van der Waals surface area (Å²) in [5, 5.41) is 19.8.